The van der Waals surface area contributed by atoms with Crippen molar-refractivity contribution in [3.05, 3.63) is 46.5 Å². The Balaban J connectivity index is 1.51. The number of rotatable bonds is 9. The number of carbonyl (C=O) groups is 1. The molecule has 0 spiro atoms. The zero-order chi connectivity index (χ0) is 25.9. The molecule has 1 aliphatic rings. The molecular formula is C24H24N6O6S. The number of ether oxygens (including phenoxy) is 3. The van der Waals surface area contributed by atoms with Crippen LogP contribution in [0.2, 0.25) is 0 Å². The maximum atomic E-state index is 12.5. The summed E-state index contributed by atoms with van der Waals surface area (Å²) in [5.41, 5.74) is 1.67. The van der Waals surface area contributed by atoms with E-state index in [4.69, 9.17) is 24.2 Å². The molecule has 2 aromatic heterocycles. The first kappa shape index (κ1) is 24.7. The van der Waals surface area contributed by atoms with Crippen LogP contribution in [-0.4, -0.2) is 69.6 Å². The summed E-state index contributed by atoms with van der Waals surface area (Å²) in [6.45, 7) is 1.20. The number of amides is 1. The van der Waals surface area contributed by atoms with Crippen molar-refractivity contribution in [2.45, 2.75) is 24.1 Å². The molecule has 1 aliphatic heterocycles. The summed E-state index contributed by atoms with van der Waals surface area (Å²) in [6.07, 6.45) is 2.00. The Labute approximate surface area is 215 Å². The van der Waals surface area contributed by atoms with Crippen molar-refractivity contribution in [3.63, 3.8) is 0 Å². The molecule has 0 bridgehead atoms. The van der Waals surface area contributed by atoms with Gasteiger partial charge in [-0.25, -0.2) is 9.97 Å². The van der Waals surface area contributed by atoms with E-state index in [0.29, 0.717) is 51.1 Å². The number of hydrogen-bond acceptors (Lipinski definition) is 10. The normalized spacial score (nSPS) is 15.2. The molecule has 1 unspecified atom stereocenters. The summed E-state index contributed by atoms with van der Waals surface area (Å²) < 4.78 is 18.0. The SMILES string of the molecule is COc1cc2nc(SCC(=O)NCC3CCCO3)n3nc(-c4ccc([N+](=O)[O-])cc4)nc3c2cc1OC. The van der Waals surface area contributed by atoms with Gasteiger partial charge in [0.05, 0.1) is 36.5 Å². The van der Waals surface area contributed by atoms with Crippen LogP contribution in [0.3, 0.4) is 0 Å². The molecule has 5 rings (SSSR count). The molecular weight excluding hydrogens is 500 g/mol. The zero-order valence-electron chi connectivity index (χ0n) is 20.2. The fourth-order valence-electron chi connectivity index (χ4n) is 4.07. The van der Waals surface area contributed by atoms with Crippen LogP contribution >= 0.6 is 11.8 Å². The second kappa shape index (κ2) is 10.6. The molecule has 4 aromatic rings. The molecule has 0 saturated carbocycles. The molecule has 3 heterocycles. The molecule has 192 valence electrons. The smallest absolute Gasteiger partial charge is 0.269 e. The Morgan fingerprint density at radius 3 is 2.65 bits per heavy atom. The third-order valence-corrected chi connectivity index (χ3v) is 6.90. The summed E-state index contributed by atoms with van der Waals surface area (Å²) >= 11 is 1.23. The van der Waals surface area contributed by atoms with Gasteiger partial charge in [-0.15, -0.1) is 5.10 Å². The van der Waals surface area contributed by atoms with Crippen LogP contribution in [0.5, 0.6) is 11.5 Å². The highest BCUT2D eigenvalue weighted by Gasteiger charge is 2.20. The monoisotopic (exact) mass is 524 g/mol. The average Bonchev–Trinajstić information content (AvgIpc) is 3.60. The quantitative estimate of drug-likeness (QED) is 0.150. The van der Waals surface area contributed by atoms with Crippen LogP contribution < -0.4 is 14.8 Å². The lowest BCUT2D eigenvalue weighted by Crippen LogP contribution is -2.32. The van der Waals surface area contributed by atoms with Crippen molar-refractivity contribution < 1.29 is 23.9 Å². The molecule has 1 atom stereocenters. The number of nitro groups is 1. The second-order valence-corrected chi connectivity index (χ2v) is 9.26. The van der Waals surface area contributed by atoms with Gasteiger partial charge in [-0.3, -0.25) is 14.9 Å². The standard InChI is InChI=1S/C24H24N6O6S/c1-34-19-10-17-18(11-20(19)35-2)26-24(37-13-21(31)25-12-16-4-3-9-36-16)29-23(17)27-22(28-29)14-5-7-15(8-6-14)30(32)33/h5-8,10-11,16H,3-4,9,12-13H2,1-2H3,(H,25,31). The number of aromatic nitrogens is 4. The van der Waals surface area contributed by atoms with Crippen LogP contribution in [0, 0.1) is 10.1 Å². The Morgan fingerprint density at radius 1 is 1.22 bits per heavy atom. The Hall–Kier alpha value is -3.97. The van der Waals surface area contributed by atoms with Gasteiger partial charge >= 0.3 is 0 Å². The first-order chi connectivity index (χ1) is 18.0. The highest BCUT2D eigenvalue weighted by Crippen LogP contribution is 2.35. The Morgan fingerprint density at radius 2 is 1.97 bits per heavy atom. The van der Waals surface area contributed by atoms with Gasteiger partial charge in [0.2, 0.25) is 5.91 Å². The van der Waals surface area contributed by atoms with E-state index in [1.165, 1.54) is 23.9 Å². The highest BCUT2D eigenvalue weighted by atomic mass is 32.2. The van der Waals surface area contributed by atoms with Crippen LogP contribution in [0.4, 0.5) is 5.69 Å². The molecule has 1 fully saturated rings. The number of methoxy groups -OCH3 is 2. The third kappa shape index (κ3) is 5.13. The maximum Gasteiger partial charge on any atom is 0.269 e. The summed E-state index contributed by atoms with van der Waals surface area (Å²) in [5, 5.41) is 19.7. The summed E-state index contributed by atoms with van der Waals surface area (Å²) in [6, 6.07) is 9.51. The van der Waals surface area contributed by atoms with Gasteiger partial charge in [0.15, 0.2) is 28.1 Å². The summed E-state index contributed by atoms with van der Waals surface area (Å²) in [5.74, 6) is 1.36. The largest absolute Gasteiger partial charge is 0.493 e. The zero-order valence-corrected chi connectivity index (χ0v) is 21.0. The van der Waals surface area contributed by atoms with Crippen molar-refractivity contribution in [2.75, 3.05) is 33.1 Å². The molecule has 0 aliphatic carbocycles. The maximum absolute atomic E-state index is 12.5. The number of benzene rings is 2. The molecule has 0 radical (unpaired) electrons. The Bertz CT molecular complexity index is 1470. The summed E-state index contributed by atoms with van der Waals surface area (Å²) in [7, 11) is 3.08. The van der Waals surface area contributed by atoms with Crippen molar-refractivity contribution in [2.24, 2.45) is 0 Å². The lowest BCUT2D eigenvalue weighted by molar-refractivity contribution is -0.384. The Kier molecular flexibility index (Phi) is 7.06. The van der Waals surface area contributed by atoms with E-state index in [1.807, 2.05) is 0 Å². The fraction of sp³-hybridized carbons (Fsp3) is 0.333. The lowest BCUT2D eigenvalue weighted by Gasteiger charge is -2.12. The van der Waals surface area contributed by atoms with Gasteiger partial charge in [0.25, 0.3) is 5.69 Å². The number of nitro benzene ring substituents is 1. The number of nitrogens with one attached hydrogen (secondary N) is 1. The number of thioether (sulfide) groups is 1. The van der Waals surface area contributed by atoms with Crippen LogP contribution in [0.15, 0.2) is 41.6 Å². The minimum absolute atomic E-state index is 0.0262. The third-order valence-electron chi connectivity index (χ3n) is 5.97. The van der Waals surface area contributed by atoms with Crippen molar-refractivity contribution >= 4 is 39.9 Å². The first-order valence-electron chi connectivity index (χ1n) is 11.5. The van der Waals surface area contributed by atoms with E-state index in [1.54, 1.807) is 43.0 Å². The predicted octanol–water partition coefficient (Wildman–Crippen LogP) is 3.26. The number of fused-ring (bicyclic) bond motifs is 3. The van der Waals surface area contributed by atoms with Gasteiger partial charge in [-0.05, 0) is 31.0 Å². The van der Waals surface area contributed by atoms with E-state index in [-0.39, 0.29) is 23.5 Å². The molecule has 13 heteroatoms. The predicted molar refractivity (Wildman–Crippen MR) is 136 cm³/mol. The lowest BCUT2D eigenvalue weighted by atomic mass is 10.2. The number of carbonyl (C=O) groups excluding carboxylic acids is 1. The van der Waals surface area contributed by atoms with Crippen molar-refractivity contribution in [1.29, 1.82) is 0 Å². The minimum atomic E-state index is -0.462. The molecule has 1 N–H and O–H groups in total. The van der Waals surface area contributed by atoms with Gasteiger partial charge < -0.3 is 19.5 Å². The molecule has 2 aromatic carbocycles. The molecule has 12 nitrogen and oxygen atoms in total. The van der Waals surface area contributed by atoms with E-state index < -0.39 is 4.92 Å². The minimum Gasteiger partial charge on any atom is -0.493 e. The number of nitrogens with zero attached hydrogens (tertiary/aromatic N) is 5. The molecule has 1 amide bonds. The fourth-order valence-corrected chi connectivity index (χ4v) is 4.85. The van der Waals surface area contributed by atoms with Crippen LogP contribution in [-0.2, 0) is 9.53 Å². The van der Waals surface area contributed by atoms with Gasteiger partial charge in [-0.2, -0.15) is 4.52 Å². The van der Waals surface area contributed by atoms with E-state index in [2.05, 4.69) is 10.4 Å². The average molecular weight is 525 g/mol. The van der Waals surface area contributed by atoms with Gasteiger partial charge in [-0.1, -0.05) is 11.8 Å². The van der Waals surface area contributed by atoms with Gasteiger partial charge in [0.1, 0.15) is 0 Å². The first-order valence-corrected chi connectivity index (χ1v) is 12.5. The molecule has 37 heavy (non-hydrogen) atoms. The van der Waals surface area contributed by atoms with E-state index in [9.17, 15) is 14.9 Å². The van der Waals surface area contributed by atoms with Crippen LogP contribution in [0.1, 0.15) is 12.8 Å². The second-order valence-electron chi connectivity index (χ2n) is 8.32. The topological polar surface area (TPSA) is 143 Å². The highest BCUT2D eigenvalue weighted by molar-refractivity contribution is 7.99. The van der Waals surface area contributed by atoms with E-state index in [0.717, 1.165) is 19.4 Å². The number of non-ortho nitro benzene ring substituents is 1. The van der Waals surface area contributed by atoms with E-state index >= 15 is 0 Å². The summed E-state index contributed by atoms with van der Waals surface area (Å²) in [4.78, 5) is 32.5. The van der Waals surface area contributed by atoms with Crippen molar-refractivity contribution in [3.8, 4) is 22.9 Å². The molecule has 1 saturated heterocycles. The number of hydrogen-bond donors (Lipinski definition) is 1. The van der Waals surface area contributed by atoms with Crippen LogP contribution in [0.25, 0.3) is 27.9 Å². The van der Waals surface area contributed by atoms with Crippen molar-refractivity contribution in [1.82, 2.24) is 24.9 Å². The van der Waals surface area contributed by atoms with Gasteiger partial charge in [0, 0.05) is 42.3 Å².